The average molecular weight is 451 g/mol. The quantitative estimate of drug-likeness (QED) is 0.305. The summed E-state index contributed by atoms with van der Waals surface area (Å²) in [5, 5.41) is 12.7. The van der Waals surface area contributed by atoms with Crippen LogP contribution >= 0.6 is 24.0 Å². The van der Waals surface area contributed by atoms with Crippen LogP contribution in [0.2, 0.25) is 0 Å². The van der Waals surface area contributed by atoms with Gasteiger partial charge in [0.15, 0.2) is 5.96 Å². The highest BCUT2D eigenvalue weighted by molar-refractivity contribution is 14.0. The molecule has 0 heterocycles. The minimum atomic E-state index is -0.657. The van der Waals surface area contributed by atoms with E-state index in [1.54, 1.807) is 0 Å². The predicted octanol–water partition coefficient (Wildman–Crippen LogP) is 2.85. The first kappa shape index (κ1) is 22.9. The second kappa shape index (κ2) is 12.3. The monoisotopic (exact) mass is 451 g/mol. The summed E-state index contributed by atoms with van der Waals surface area (Å²) < 4.78 is 10.9. The summed E-state index contributed by atoms with van der Waals surface area (Å²) in [6.07, 6.45) is -0.518. The molecule has 0 saturated heterocycles. The molecule has 0 fully saturated rings. The zero-order chi connectivity index (χ0) is 17.2. The van der Waals surface area contributed by atoms with Crippen molar-refractivity contribution < 1.29 is 14.6 Å². The Morgan fingerprint density at radius 1 is 1.17 bits per heavy atom. The lowest BCUT2D eigenvalue weighted by Crippen LogP contribution is -2.26. The van der Waals surface area contributed by atoms with Crippen LogP contribution in [0.1, 0.15) is 27.7 Å². The molecule has 0 aliphatic carbocycles. The van der Waals surface area contributed by atoms with E-state index in [1.165, 1.54) is 0 Å². The minimum Gasteiger partial charge on any atom is -0.491 e. The number of anilines is 1. The molecule has 1 rings (SSSR count). The Hall–Kier alpha value is -1.06. The van der Waals surface area contributed by atoms with Crippen LogP contribution in [0.3, 0.4) is 0 Å². The van der Waals surface area contributed by atoms with E-state index in [-0.39, 0.29) is 49.2 Å². The van der Waals surface area contributed by atoms with Crippen molar-refractivity contribution in [1.82, 2.24) is 0 Å². The minimum absolute atomic E-state index is 0. The molecule has 0 amide bonds. The molecule has 1 aromatic carbocycles. The number of halogens is 1. The van der Waals surface area contributed by atoms with Gasteiger partial charge in [-0.15, -0.1) is 24.0 Å². The molecule has 24 heavy (non-hydrogen) atoms. The third-order valence-corrected chi connectivity index (χ3v) is 2.73. The summed E-state index contributed by atoms with van der Waals surface area (Å²) in [4.78, 5) is 4.11. The first-order valence-corrected chi connectivity index (χ1v) is 7.96. The molecule has 0 saturated carbocycles. The van der Waals surface area contributed by atoms with Crippen LogP contribution < -0.4 is 15.8 Å². The van der Waals surface area contributed by atoms with E-state index in [0.717, 1.165) is 11.4 Å². The van der Waals surface area contributed by atoms with Crippen molar-refractivity contribution in [2.24, 2.45) is 16.6 Å². The molecule has 0 spiro atoms. The van der Waals surface area contributed by atoms with Gasteiger partial charge in [0.1, 0.15) is 5.75 Å². The van der Waals surface area contributed by atoms with Crippen LogP contribution in [0, 0.1) is 5.92 Å². The second-order valence-electron chi connectivity index (χ2n) is 6.13. The van der Waals surface area contributed by atoms with Gasteiger partial charge >= 0.3 is 0 Å². The normalized spacial score (nSPS) is 12.9. The first-order valence-electron chi connectivity index (χ1n) is 7.96. The van der Waals surface area contributed by atoms with Gasteiger partial charge in [-0.05, 0) is 44.0 Å². The van der Waals surface area contributed by atoms with E-state index in [2.05, 4.69) is 24.2 Å². The van der Waals surface area contributed by atoms with Crippen molar-refractivity contribution in [3.63, 3.8) is 0 Å². The highest BCUT2D eigenvalue weighted by Gasteiger charge is 2.05. The van der Waals surface area contributed by atoms with Gasteiger partial charge in [0.2, 0.25) is 0 Å². The van der Waals surface area contributed by atoms with Crippen molar-refractivity contribution in [2.45, 2.75) is 39.9 Å². The van der Waals surface area contributed by atoms with Crippen LogP contribution in [-0.2, 0) is 4.74 Å². The number of aliphatic hydroxyl groups excluding tert-OH is 1. The third-order valence-electron chi connectivity index (χ3n) is 2.73. The third kappa shape index (κ3) is 10.7. The summed E-state index contributed by atoms with van der Waals surface area (Å²) in [7, 11) is 0. The second-order valence-corrected chi connectivity index (χ2v) is 6.13. The number of nitrogens with zero attached hydrogens (tertiary/aromatic N) is 1. The average Bonchev–Trinajstić information content (AvgIpc) is 2.46. The summed E-state index contributed by atoms with van der Waals surface area (Å²) in [6.45, 7) is 9.16. The molecule has 1 unspecified atom stereocenters. The van der Waals surface area contributed by atoms with Gasteiger partial charge in [-0.3, -0.25) is 4.99 Å². The van der Waals surface area contributed by atoms with Crippen LogP contribution in [0.15, 0.2) is 29.3 Å². The Morgan fingerprint density at radius 2 is 1.79 bits per heavy atom. The van der Waals surface area contributed by atoms with Gasteiger partial charge in [-0.1, -0.05) is 13.8 Å². The maximum atomic E-state index is 9.77. The largest absolute Gasteiger partial charge is 0.491 e. The molecular weight excluding hydrogens is 421 g/mol. The van der Waals surface area contributed by atoms with Crippen LogP contribution in [0.5, 0.6) is 5.75 Å². The molecule has 1 atom stereocenters. The smallest absolute Gasteiger partial charge is 0.193 e. The molecule has 7 heteroatoms. The predicted molar refractivity (Wildman–Crippen MR) is 109 cm³/mol. The van der Waals surface area contributed by atoms with Gasteiger partial charge in [0, 0.05) is 12.3 Å². The van der Waals surface area contributed by atoms with Gasteiger partial charge in [-0.25, -0.2) is 0 Å². The molecule has 0 aliphatic rings. The Balaban J connectivity index is 0.00000529. The van der Waals surface area contributed by atoms with Crippen molar-refractivity contribution in [3.05, 3.63) is 24.3 Å². The zero-order valence-electron chi connectivity index (χ0n) is 14.9. The maximum absolute atomic E-state index is 9.77. The van der Waals surface area contributed by atoms with Crippen molar-refractivity contribution >= 4 is 35.6 Å². The van der Waals surface area contributed by atoms with E-state index in [9.17, 15) is 5.11 Å². The maximum Gasteiger partial charge on any atom is 0.193 e. The molecule has 0 bridgehead atoms. The molecule has 138 valence electrons. The topological polar surface area (TPSA) is 89.1 Å². The molecule has 1 aromatic rings. The molecule has 4 N–H and O–H groups in total. The van der Waals surface area contributed by atoms with Crippen LogP contribution in [0.25, 0.3) is 0 Å². The van der Waals surface area contributed by atoms with E-state index in [1.807, 2.05) is 38.1 Å². The van der Waals surface area contributed by atoms with Crippen LogP contribution in [0.4, 0.5) is 5.69 Å². The van der Waals surface area contributed by atoms with Crippen molar-refractivity contribution in [3.8, 4) is 5.75 Å². The Bertz CT molecular complexity index is 478. The summed E-state index contributed by atoms with van der Waals surface area (Å²) in [5.74, 6) is 1.50. The van der Waals surface area contributed by atoms with E-state index in [4.69, 9.17) is 15.2 Å². The number of rotatable bonds is 9. The molecule has 6 nitrogen and oxygen atoms in total. The van der Waals surface area contributed by atoms with E-state index < -0.39 is 6.10 Å². The standard InChI is InChI=1S/C17H29N3O3.HI/c1-12(2)10-22-11-15(21)9-19-17(18)20-14-5-7-16(8-6-14)23-13(3)4;/h5-8,12-13,15,21H,9-11H2,1-4H3,(H3,18,19,20);1H. The van der Waals surface area contributed by atoms with Crippen LogP contribution in [-0.4, -0.2) is 43.0 Å². The number of nitrogens with two attached hydrogens (primary N) is 1. The highest BCUT2D eigenvalue weighted by Crippen LogP contribution is 2.16. The fourth-order valence-corrected chi connectivity index (χ4v) is 1.77. The zero-order valence-corrected chi connectivity index (χ0v) is 17.2. The number of nitrogens with one attached hydrogen (secondary N) is 1. The lowest BCUT2D eigenvalue weighted by atomic mass is 10.2. The summed E-state index contributed by atoms with van der Waals surface area (Å²) in [5.41, 5.74) is 6.62. The number of hydrogen-bond donors (Lipinski definition) is 3. The van der Waals surface area contributed by atoms with Gasteiger partial charge in [0.25, 0.3) is 0 Å². The lowest BCUT2D eigenvalue weighted by Gasteiger charge is -2.12. The number of guanidine groups is 1. The first-order chi connectivity index (χ1) is 10.9. The highest BCUT2D eigenvalue weighted by atomic mass is 127. The number of hydrogen-bond acceptors (Lipinski definition) is 4. The Kier molecular flexibility index (Phi) is 11.8. The van der Waals surface area contributed by atoms with Gasteiger partial charge in [-0.2, -0.15) is 0 Å². The summed E-state index contributed by atoms with van der Waals surface area (Å²) in [6, 6.07) is 7.46. The number of ether oxygens (including phenoxy) is 2. The fourth-order valence-electron chi connectivity index (χ4n) is 1.77. The van der Waals surface area contributed by atoms with Crippen molar-refractivity contribution in [1.29, 1.82) is 0 Å². The molecular formula is C17H30IN3O3. The van der Waals surface area contributed by atoms with E-state index in [0.29, 0.717) is 12.5 Å². The fraction of sp³-hybridized carbons (Fsp3) is 0.588. The van der Waals surface area contributed by atoms with Crippen molar-refractivity contribution in [2.75, 3.05) is 25.1 Å². The molecule has 0 radical (unpaired) electrons. The Morgan fingerprint density at radius 3 is 2.33 bits per heavy atom. The summed E-state index contributed by atoms with van der Waals surface area (Å²) >= 11 is 0. The lowest BCUT2D eigenvalue weighted by molar-refractivity contribution is 0.0302. The number of aliphatic imine (C=N–C) groups is 1. The SMILES string of the molecule is CC(C)COCC(O)CN=C(N)Nc1ccc(OC(C)C)cc1.I. The number of aliphatic hydroxyl groups is 1. The van der Waals surface area contributed by atoms with E-state index >= 15 is 0 Å². The van der Waals surface area contributed by atoms with Gasteiger partial charge < -0.3 is 25.6 Å². The Labute approximate surface area is 161 Å². The molecule has 0 aliphatic heterocycles. The van der Waals surface area contributed by atoms with Gasteiger partial charge in [0.05, 0.1) is 25.4 Å². The number of benzene rings is 1. The molecule has 0 aromatic heterocycles.